The topological polar surface area (TPSA) is 168 Å². The van der Waals surface area contributed by atoms with Crippen molar-refractivity contribution < 1.29 is 45.3 Å². The summed E-state index contributed by atoms with van der Waals surface area (Å²) in [6.45, 7) is -0.866. The Morgan fingerprint density at radius 1 is 1.39 bits per heavy atom. The molecule has 9 nitrogen and oxygen atoms in total. The van der Waals surface area contributed by atoms with Crippen LogP contribution in [0.25, 0.3) is 0 Å². The van der Waals surface area contributed by atoms with Crippen LogP contribution in [0.2, 0.25) is 0 Å². The van der Waals surface area contributed by atoms with Crippen LogP contribution >= 0.6 is 0 Å². The van der Waals surface area contributed by atoms with Crippen LogP contribution in [0.15, 0.2) is 0 Å². The smallest absolute Gasteiger partial charge is 0.364 e. The highest BCUT2D eigenvalue weighted by molar-refractivity contribution is 5.75. The van der Waals surface area contributed by atoms with E-state index in [0.717, 1.165) is 0 Å². The van der Waals surface area contributed by atoms with Crippen LogP contribution in [0.4, 0.5) is 0 Å². The van der Waals surface area contributed by atoms with E-state index >= 15 is 0 Å². The van der Waals surface area contributed by atoms with Gasteiger partial charge in [0.1, 0.15) is 24.4 Å². The third-order valence-corrected chi connectivity index (χ3v) is 2.80. The number of aliphatic carboxylic acids is 1. The zero-order chi connectivity index (χ0) is 14.1. The minimum atomic E-state index is -2.78. The Morgan fingerprint density at radius 2 is 1.94 bits per heavy atom. The standard InChI is InChI=1S/C9H16O9/c10-2-4(12)6(14)7-5(13)3(11)1-9(17,18-7)8(15)16/h3-7,10-14,17H,1-2H2,(H,15,16)/t3-,4?,5-,6?,7?,9-/m1/s1. The minimum absolute atomic E-state index is 0.790. The molecule has 1 saturated heterocycles. The Morgan fingerprint density at radius 3 is 2.39 bits per heavy atom. The highest BCUT2D eigenvalue weighted by Crippen LogP contribution is 2.30. The predicted molar refractivity (Wildman–Crippen MR) is 53.2 cm³/mol. The van der Waals surface area contributed by atoms with E-state index in [4.69, 9.17) is 10.2 Å². The molecule has 6 atom stereocenters. The first-order valence-corrected chi connectivity index (χ1v) is 5.19. The molecule has 0 aromatic rings. The van der Waals surface area contributed by atoms with Crippen LogP contribution in [0, 0.1) is 0 Å². The lowest BCUT2D eigenvalue weighted by Crippen LogP contribution is -2.63. The lowest BCUT2D eigenvalue weighted by atomic mass is 9.91. The average molecular weight is 268 g/mol. The maximum atomic E-state index is 10.8. The van der Waals surface area contributed by atoms with Gasteiger partial charge < -0.3 is 40.5 Å². The minimum Gasteiger partial charge on any atom is -0.477 e. The van der Waals surface area contributed by atoms with E-state index in [1.165, 1.54) is 0 Å². The molecule has 1 rings (SSSR count). The molecule has 9 heteroatoms. The van der Waals surface area contributed by atoms with Gasteiger partial charge in [0.2, 0.25) is 0 Å². The van der Waals surface area contributed by atoms with Crippen molar-refractivity contribution in [2.45, 2.75) is 42.7 Å². The summed E-state index contributed by atoms with van der Waals surface area (Å²) in [5, 5.41) is 64.6. The second kappa shape index (κ2) is 5.45. The molecule has 0 amide bonds. The summed E-state index contributed by atoms with van der Waals surface area (Å²) < 4.78 is 4.63. The van der Waals surface area contributed by atoms with Crippen molar-refractivity contribution in [1.29, 1.82) is 0 Å². The maximum Gasteiger partial charge on any atom is 0.364 e. The van der Waals surface area contributed by atoms with Gasteiger partial charge in [-0.1, -0.05) is 0 Å². The predicted octanol–water partition coefficient (Wildman–Crippen LogP) is -4.02. The molecule has 1 heterocycles. The molecular weight excluding hydrogens is 252 g/mol. The third kappa shape index (κ3) is 2.78. The number of hydrogen-bond acceptors (Lipinski definition) is 8. The Labute approximate surface area is 101 Å². The van der Waals surface area contributed by atoms with E-state index in [1.54, 1.807) is 0 Å². The van der Waals surface area contributed by atoms with Crippen molar-refractivity contribution >= 4 is 5.97 Å². The van der Waals surface area contributed by atoms with Gasteiger partial charge in [-0.05, 0) is 0 Å². The molecular formula is C9H16O9. The van der Waals surface area contributed by atoms with Gasteiger partial charge in [-0.25, -0.2) is 4.79 Å². The molecule has 1 aliphatic rings. The molecule has 0 bridgehead atoms. The summed E-state index contributed by atoms with van der Waals surface area (Å²) in [6.07, 6.45) is -9.50. The molecule has 0 radical (unpaired) electrons. The van der Waals surface area contributed by atoms with Crippen LogP contribution in [-0.2, 0) is 9.53 Å². The van der Waals surface area contributed by atoms with Crippen molar-refractivity contribution in [3.8, 4) is 0 Å². The highest BCUT2D eigenvalue weighted by Gasteiger charge is 2.53. The molecule has 7 N–H and O–H groups in total. The molecule has 1 aliphatic heterocycles. The maximum absolute atomic E-state index is 10.8. The second-order valence-electron chi connectivity index (χ2n) is 4.17. The molecule has 0 aromatic carbocycles. The van der Waals surface area contributed by atoms with Gasteiger partial charge in [0.25, 0.3) is 5.79 Å². The quantitative estimate of drug-likeness (QED) is 0.268. The Balaban J connectivity index is 2.92. The van der Waals surface area contributed by atoms with Crippen molar-refractivity contribution in [1.82, 2.24) is 0 Å². The summed E-state index contributed by atoms with van der Waals surface area (Å²) in [5.74, 6) is -4.58. The Hall–Kier alpha value is -0.810. The molecule has 3 unspecified atom stereocenters. The number of ether oxygens (including phenoxy) is 1. The number of hydrogen-bond donors (Lipinski definition) is 7. The first-order chi connectivity index (χ1) is 8.23. The summed E-state index contributed by atoms with van der Waals surface area (Å²) >= 11 is 0. The number of aliphatic hydroxyl groups excluding tert-OH is 5. The number of carbonyl (C=O) groups is 1. The Bertz CT molecular complexity index is 308. The zero-order valence-electron chi connectivity index (χ0n) is 9.25. The zero-order valence-corrected chi connectivity index (χ0v) is 9.25. The number of carboxylic acid groups (broad SMARTS) is 1. The molecule has 0 aliphatic carbocycles. The van der Waals surface area contributed by atoms with Crippen LogP contribution in [-0.4, -0.2) is 84.6 Å². The SMILES string of the molecule is O=C(O)[C@@]1(O)C[C@@H](O)[C@@H](O)C(C(O)C(O)CO)O1. The van der Waals surface area contributed by atoms with Gasteiger partial charge >= 0.3 is 5.97 Å². The van der Waals surface area contributed by atoms with Gasteiger partial charge in [0.15, 0.2) is 0 Å². The van der Waals surface area contributed by atoms with Crippen LogP contribution < -0.4 is 0 Å². The molecule has 106 valence electrons. The van der Waals surface area contributed by atoms with E-state index in [0.29, 0.717) is 0 Å². The summed E-state index contributed by atoms with van der Waals surface area (Å²) in [7, 11) is 0. The normalized spacial score (nSPS) is 40.2. The lowest BCUT2D eigenvalue weighted by Gasteiger charge is -2.42. The van der Waals surface area contributed by atoms with Crippen molar-refractivity contribution in [2.75, 3.05) is 6.61 Å². The summed E-state index contributed by atoms with van der Waals surface area (Å²) in [5.41, 5.74) is 0. The van der Waals surface area contributed by atoms with E-state index in [-0.39, 0.29) is 0 Å². The fraction of sp³-hybridized carbons (Fsp3) is 0.889. The van der Waals surface area contributed by atoms with Gasteiger partial charge in [-0.15, -0.1) is 0 Å². The molecule has 0 saturated carbocycles. The molecule has 0 aromatic heterocycles. The van der Waals surface area contributed by atoms with Crippen molar-refractivity contribution in [3.63, 3.8) is 0 Å². The van der Waals surface area contributed by atoms with Gasteiger partial charge in [0.05, 0.1) is 12.7 Å². The van der Waals surface area contributed by atoms with Gasteiger partial charge in [-0.2, -0.15) is 0 Å². The third-order valence-electron chi connectivity index (χ3n) is 2.80. The fourth-order valence-electron chi connectivity index (χ4n) is 1.70. The summed E-state index contributed by atoms with van der Waals surface area (Å²) in [4.78, 5) is 10.8. The van der Waals surface area contributed by atoms with E-state index in [2.05, 4.69) is 4.74 Å². The molecule has 0 spiro atoms. The number of aliphatic hydroxyl groups is 6. The van der Waals surface area contributed by atoms with E-state index in [1.807, 2.05) is 0 Å². The van der Waals surface area contributed by atoms with Crippen molar-refractivity contribution in [3.05, 3.63) is 0 Å². The summed E-state index contributed by atoms with van der Waals surface area (Å²) in [6, 6.07) is 0. The lowest BCUT2D eigenvalue weighted by molar-refractivity contribution is -0.312. The Kier molecular flexibility index (Phi) is 4.61. The number of rotatable bonds is 4. The van der Waals surface area contributed by atoms with Crippen molar-refractivity contribution in [2.24, 2.45) is 0 Å². The average Bonchev–Trinajstić information content (AvgIpc) is 2.31. The van der Waals surface area contributed by atoms with Crippen LogP contribution in [0.1, 0.15) is 6.42 Å². The van der Waals surface area contributed by atoms with E-state index in [9.17, 15) is 30.3 Å². The van der Waals surface area contributed by atoms with Crippen LogP contribution in [0.5, 0.6) is 0 Å². The number of carboxylic acids is 1. The van der Waals surface area contributed by atoms with E-state index < -0.39 is 55.3 Å². The van der Waals surface area contributed by atoms with Gasteiger partial charge in [0, 0.05) is 6.42 Å². The highest BCUT2D eigenvalue weighted by atomic mass is 16.7. The molecule has 1 fully saturated rings. The first-order valence-electron chi connectivity index (χ1n) is 5.19. The first kappa shape index (κ1) is 15.2. The van der Waals surface area contributed by atoms with Gasteiger partial charge in [-0.3, -0.25) is 0 Å². The fourth-order valence-corrected chi connectivity index (χ4v) is 1.70. The monoisotopic (exact) mass is 268 g/mol. The molecule has 18 heavy (non-hydrogen) atoms. The van der Waals surface area contributed by atoms with Crippen LogP contribution in [0.3, 0.4) is 0 Å². The largest absolute Gasteiger partial charge is 0.477 e. The second-order valence-corrected chi connectivity index (χ2v) is 4.17.